The third kappa shape index (κ3) is 3.31. The van der Waals surface area contributed by atoms with Crippen molar-refractivity contribution in [3.63, 3.8) is 0 Å². The molecule has 0 aromatic heterocycles. The highest BCUT2D eigenvalue weighted by Crippen LogP contribution is 2.35. The first-order valence-electron chi connectivity index (χ1n) is 10.3. The molecule has 0 bridgehead atoms. The molecule has 4 heteroatoms. The van der Waals surface area contributed by atoms with Crippen molar-refractivity contribution in [3.8, 4) is 0 Å². The average molecular weight is 422 g/mol. The zero-order chi connectivity index (χ0) is 19.5. The van der Waals surface area contributed by atoms with Gasteiger partial charge in [-0.2, -0.15) is 0 Å². The van der Waals surface area contributed by atoms with Crippen molar-refractivity contribution < 1.29 is 0 Å². The van der Waals surface area contributed by atoms with Crippen LogP contribution in [0.1, 0.15) is 19.8 Å². The van der Waals surface area contributed by atoms with E-state index in [-0.39, 0.29) is 0 Å². The van der Waals surface area contributed by atoms with Crippen molar-refractivity contribution in [3.05, 3.63) is 91.0 Å². The topological polar surface area (TPSA) is 3.24 Å². The van der Waals surface area contributed by atoms with Crippen LogP contribution < -0.4 is 15.6 Å². The molecule has 1 nitrogen and oxygen atoms in total. The van der Waals surface area contributed by atoms with Crippen molar-refractivity contribution in [1.29, 1.82) is 0 Å². The second-order valence-electron chi connectivity index (χ2n) is 7.69. The van der Waals surface area contributed by atoms with E-state index in [9.17, 15) is 0 Å². The van der Waals surface area contributed by atoms with Crippen molar-refractivity contribution in [2.24, 2.45) is 0 Å². The number of rotatable bonds is 5. The smallest absolute Gasteiger partial charge is 0.223 e. The molecule has 1 aliphatic rings. The standard InChI is InChI=1S/C24H28ClNSi2/c1-2-27(25)21-13-12-20-26(27)28(22-14-6-3-7-15-22,23-16-8-4-9-17-23)24-18-10-5-11-19-24/h3-11,14-19H,2,12-13,20-21H2,1H3. The molecular formula is C24H28ClNSi2. The van der Waals surface area contributed by atoms with Gasteiger partial charge in [0.05, 0.1) is 0 Å². The summed E-state index contributed by atoms with van der Waals surface area (Å²) in [5, 5.41) is 4.33. The van der Waals surface area contributed by atoms with E-state index in [1.165, 1.54) is 34.4 Å². The highest BCUT2D eigenvalue weighted by molar-refractivity contribution is 7.27. The van der Waals surface area contributed by atoms with Crippen LogP contribution in [-0.2, 0) is 0 Å². The zero-order valence-electron chi connectivity index (χ0n) is 16.5. The first-order valence-corrected chi connectivity index (χ1v) is 15.7. The summed E-state index contributed by atoms with van der Waals surface area (Å²) in [7, 11) is -4.47. The molecule has 0 spiro atoms. The Labute approximate surface area is 175 Å². The quantitative estimate of drug-likeness (QED) is 0.334. The van der Waals surface area contributed by atoms with E-state index < -0.39 is 15.8 Å². The van der Waals surface area contributed by atoms with Crippen LogP contribution in [0.4, 0.5) is 0 Å². The maximum atomic E-state index is 7.56. The van der Waals surface area contributed by atoms with E-state index in [0.717, 1.165) is 12.6 Å². The predicted octanol–water partition coefficient (Wildman–Crippen LogP) is 4.45. The highest BCUT2D eigenvalue weighted by atomic mass is 35.6. The molecule has 3 aromatic rings. The highest BCUT2D eigenvalue weighted by Gasteiger charge is 2.54. The van der Waals surface area contributed by atoms with Crippen LogP contribution in [0.25, 0.3) is 0 Å². The summed E-state index contributed by atoms with van der Waals surface area (Å²) < 4.78 is 2.85. The second-order valence-corrected chi connectivity index (χ2v) is 17.5. The van der Waals surface area contributed by atoms with Crippen LogP contribution in [0.3, 0.4) is 0 Å². The zero-order valence-corrected chi connectivity index (χ0v) is 19.3. The van der Waals surface area contributed by atoms with Gasteiger partial charge in [-0.1, -0.05) is 104 Å². The molecule has 0 N–H and O–H groups in total. The predicted molar refractivity (Wildman–Crippen MR) is 127 cm³/mol. The van der Waals surface area contributed by atoms with Gasteiger partial charge in [-0.15, -0.1) is 11.1 Å². The minimum atomic E-state index is -2.42. The monoisotopic (exact) mass is 421 g/mol. The molecule has 1 aliphatic heterocycles. The minimum Gasteiger partial charge on any atom is -0.323 e. The van der Waals surface area contributed by atoms with Crippen LogP contribution in [-0.4, -0.2) is 26.6 Å². The van der Waals surface area contributed by atoms with Crippen molar-refractivity contribution in [1.82, 2.24) is 4.23 Å². The van der Waals surface area contributed by atoms with Crippen LogP contribution in [0.15, 0.2) is 91.0 Å². The van der Waals surface area contributed by atoms with E-state index in [0.29, 0.717) is 0 Å². The van der Waals surface area contributed by atoms with E-state index in [1.54, 1.807) is 0 Å². The molecule has 1 heterocycles. The largest absolute Gasteiger partial charge is 0.323 e. The Bertz CT molecular complexity index is 792. The molecule has 0 radical (unpaired) electrons. The Morgan fingerprint density at radius 3 is 1.57 bits per heavy atom. The van der Waals surface area contributed by atoms with Gasteiger partial charge in [0.15, 0.2) is 0 Å². The molecule has 1 atom stereocenters. The van der Waals surface area contributed by atoms with Gasteiger partial charge in [0.1, 0.15) is 0 Å². The molecule has 4 rings (SSSR count). The maximum absolute atomic E-state index is 7.56. The molecule has 3 aromatic carbocycles. The molecular weight excluding hydrogens is 394 g/mol. The SMILES string of the molecule is CC[Si]1(Cl)CCCCN1[Si](c1ccccc1)(c1ccccc1)c1ccccc1. The normalized spacial score (nSPS) is 20.8. The molecule has 0 saturated carbocycles. The fraction of sp³-hybridized carbons (Fsp3) is 0.250. The Kier molecular flexibility index (Phi) is 5.88. The van der Waals surface area contributed by atoms with Gasteiger partial charge in [-0.3, -0.25) is 0 Å². The molecule has 144 valence electrons. The third-order valence-electron chi connectivity index (χ3n) is 6.20. The molecule has 1 saturated heterocycles. The lowest BCUT2D eigenvalue weighted by molar-refractivity contribution is 0.541. The van der Waals surface area contributed by atoms with Crippen LogP contribution in [0, 0.1) is 0 Å². The summed E-state index contributed by atoms with van der Waals surface area (Å²) >= 11 is 7.56. The summed E-state index contributed by atoms with van der Waals surface area (Å²) in [6.07, 6.45) is 2.51. The lowest BCUT2D eigenvalue weighted by atomic mass is 10.3. The summed E-state index contributed by atoms with van der Waals surface area (Å²) in [4.78, 5) is 0. The summed E-state index contributed by atoms with van der Waals surface area (Å²) in [6.45, 7) is 3.41. The number of hydrogen-bond donors (Lipinski definition) is 0. The second kappa shape index (κ2) is 8.38. The van der Waals surface area contributed by atoms with Crippen LogP contribution in [0.5, 0.6) is 0 Å². The van der Waals surface area contributed by atoms with E-state index in [2.05, 4.69) is 102 Å². The van der Waals surface area contributed by atoms with Crippen molar-refractivity contribution in [2.75, 3.05) is 6.54 Å². The molecule has 28 heavy (non-hydrogen) atoms. The van der Waals surface area contributed by atoms with Gasteiger partial charge in [-0.25, -0.2) is 0 Å². The van der Waals surface area contributed by atoms with Gasteiger partial charge in [0, 0.05) is 0 Å². The van der Waals surface area contributed by atoms with Crippen LogP contribution >= 0.6 is 11.1 Å². The minimum absolute atomic E-state index is 1.09. The average Bonchev–Trinajstić information content (AvgIpc) is 2.78. The number of hydrogen-bond acceptors (Lipinski definition) is 1. The van der Waals surface area contributed by atoms with Gasteiger partial charge in [0.2, 0.25) is 15.8 Å². The van der Waals surface area contributed by atoms with Crippen LogP contribution in [0.2, 0.25) is 12.1 Å². The number of nitrogens with zero attached hydrogens (tertiary/aromatic N) is 1. The first-order chi connectivity index (χ1) is 13.7. The lowest BCUT2D eigenvalue weighted by Gasteiger charge is -2.52. The maximum Gasteiger partial charge on any atom is 0.223 e. The van der Waals surface area contributed by atoms with Gasteiger partial charge in [0.25, 0.3) is 0 Å². The molecule has 0 amide bonds. The Morgan fingerprint density at radius 1 is 0.750 bits per heavy atom. The molecule has 1 unspecified atom stereocenters. The van der Waals surface area contributed by atoms with Gasteiger partial charge in [-0.05, 0) is 40.6 Å². The van der Waals surface area contributed by atoms with Gasteiger partial charge < -0.3 is 4.23 Å². The Balaban J connectivity index is 2.07. The summed E-state index contributed by atoms with van der Waals surface area (Å²) in [5.74, 6) is 0. The summed E-state index contributed by atoms with van der Waals surface area (Å²) in [5.41, 5.74) is 0. The lowest BCUT2D eigenvalue weighted by Crippen LogP contribution is -2.82. The fourth-order valence-corrected chi connectivity index (χ4v) is 17.8. The summed E-state index contributed by atoms with van der Waals surface area (Å²) in [6, 6.07) is 35.8. The number of halogens is 1. The third-order valence-corrected chi connectivity index (χ3v) is 18.8. The first kappa shape index (κ1) is 19.7. The van der Waals surface area contributed by atoms with Crippen molar-refractivity contribution >= 4 is 42.4 Å². The Morgan fingerprint density at radius 2 is 1.18 bits per heavy atom. The van der Waals surface area contributed by atoms with E-state index in [4.69, 9.17) is 11.1 Å². The molecule has 1 fully saturated rings. The fourth-order valence-electron chi connectivity index (χ4n) is 4.84. The molecule has 0 aliphatic carbocycles. The van der Waals surface area contributed by atoms with Gasteiger partial charge >= 0.3 is 0 Å². The van der Waals surface area contributed by atoms with E-state index >= 15 is 0 Å². The van der Waals surface area contributed by atoms with E-state index in [1.807, 2.05) is 0 Å². The number of benzene rings is 3. The Hall–Kier alpha value is -1.66. The van der Waals surface area contributed by atoms with Crippen molar-refractivity contribution in [2.45, 2.75) is 31.9 Å².